The molecular weight excluding hydrogens is 240 g/mol. The molecule has 0 saturated carbocycles. The summed E-state index contributed by atoms with van der Waals surface area (Å²) >= 11 is 3.42. The lowest BCUT2D eigenvalue weighted by molar-refractivity contribution is 1.08. The minimum atomic E-state index is 0.493. The number of hydrogen-bond acceptors (Lipinski definition) is 6. The molecule has 4 nitrogen and oxygen atoms in total. The molecule has 0 amide bonds. The summed E-state index contributed by atoms with van der Waals surface area (Å²) in [6.07, 6.45) is 1.03. The normalized spacial score (nSPS) is 10.9. The number of nitrogen functional groups attached to an aromatic ring is 1. The van der Waals surface area contributed by atoms with Gasteiger partial charge in [0.05, 0.1) is 0 Å². The van der Waals surface area contributed by atoms with Crippen molar-refractivity contribution in [3.63, 3.8) is 0 Å². The van der Waals surface area contributed by atoms with Crippen LogP contribution in [0, 0.1) is 0 Å². The topological polar surface area (TPSA) is 63.8 Å². The maximum Gasteiger partial charge on any atom is 0.239 e. The van der Waals surface area contributed by atoms with Crippen molar-refractivity contribution >= 4 is 39.3 Å². The quantitative estimate of drug-likeness (QED) is 0.380. The van der Waals surface area contributed by atoms with E-state index in [-0.39, 0.29) is 0 Å². The molecule has 0 aliphatic heterocycles. The van der Waals surface area contributed by atoms with Crippen molar-refractivity contribution in [3.05, 3.63) is 10.9 Å². The minimum Gasteiger partial charge on any atom is -0.292 e. The Bertz CT molecular complexity index is 495. The van der Waals surface area contributed by atoms with Gasteiger partial charge in [0.2, 0.25) is 5.95 Å². The number of thiophene rings is 1. The lowest BCUT2D eigenvalue weighted by atomic mass is 10.3. The Kier molecular flexibility index (Phi) is 3.63. The van der Waals surface area contributed by atoms with Gasteiger partial charge in [0.25, 0.3) is 0 Å². The van der Waals surface area contributed by atoms with Crippen LogP contribution in [0.5, 0.6) is 0 Å². The highest BCUT2D eigenvalue weighted by Gasteiger charge is 2.10. The molecule has 0 unspecified atom stereocenters. The van der Waals surface area contributed by atoms with Gasteiger partial charge in [-0.25, -0.2) is 15.8 Å². The fourth-order valence-electron chi connectivity index (χ4n) is 1.43. The van der Waals surface area contributed by atoms with Crippen molar-refractivity contribution in [2.24, 2.45) is 5.84 Å². The number of rotatable bonds is 4. The highest BCUT2D eigenvalue weighted by Crippen LogP contribution is 2.32. The molecule has 3 N–H and O–H groups in total. The number of anilines is 1. The average Bonchev–Trinajstić information content (AvgIpc) is 2.72. The average molecular weight is 254 g/mol. The zero-order chi connectivity index (χ0) is 11.5. The number of fused-ring (bicyclic) bond motifs is 1. The highest BCUT2D eigenvalue weighted by molar-refractivity contribution is 7.99. The van der Waals surface area contributed by atoms with Gasteiger partial charge in [0, 0.05) is 10.3 Å². The van der Waals surface area contributed by atoms with Gasteiger partial charge in [-0.1, -0.05) is 13.8 Å². The van der Waals surface area contributed by atoms with Crippen LogP contribution in [0.15, 0.2) is 11.1 Å². The van der Waals surface area contributed by atoms with Crippen LogP contribution in [-0.4, -0.2) is 15.7 Å². The summed E-state index contributed by atoms with van der Waals surface area (Å²) in [5.41, 5.74) is 2.52. The molecule has 2 aromatic rings. The van der Waals surface area contributed by atoms with E-state index in [9.17, 15) is 0 Å². The van der Waals surface area contributed by atoms with Crippen LogP contribution in [-0.2, 0) is 6.42 Å². The highest BCUT2D eigenvalue weighted by atomic mass is 32.2. The summed E-state index contributed by atoms with van der Waals surface area (Å²) in [6, 6.07) is 2.18. The van der Waals surface area contributed by atoms with Gasteiger partial charge < -0.3 is 0 Å². The van der Waals surface area contributed by atoms with Gasteiger partial charge in [0.15, 0.2) is 0 Å². The van der Waals surface area contributed by atoms with E-state index in [0.29, 0.717) is 5.95 Å². The molecule has 0 bridgehead atoms. The van der Waals surface area contributed by atoms with Crippen molar-refractivity contribution in [2.75, 3.05) is 11.2 Å². The van der Waals surface area contributed by atoms with Gasteiger partial charge in [-0.3, -0.25) is 5.43 Å². The van der Waals surface area contributed by atoms with Crippen molar-refractivity contribution in [1.29, 1.82) is 0 Å². The number of hydrogen-bond donors (Lipinski definition) is 2. The Hall–Kier alpha value is -0.850. The maximum absolute atomic E-state index is 5.37. The second kappa shape index (κ2) is 4.99. The number of nitrogens with zero attached hydrogens (tertiary/aromatic N) is 2. The zero-order valence-electron chi connectivity index (χ0n) is 9.28. The first-order chi connectivity index (χ1) is 7.78. The molecule has 0 fully saturated rings. The molecule has 6 heteroatoms. The predicted molar refractivity (Wildman–Crippen MR) is 71.0 cm³/mol. The van der Waals surface area contributed by atoms with Gasteiger partial charge in [0.1, 0.15) is 9.86 Å². The monoisotopic (exact) mass is 254 g/mol. The molecule has 2 rings (SSSR count). The molecule has 0 spiro atoms. The molecule has 0 aliphatic carbocycles. The van der Waals surface area contributed by atoms with Gasteiger partial charge in [-0.2, -0.15) is 0 Å². The van der Waals surface area contributed by atoms with E-state index in [1.54, 1.807) is 23.1 Å². The second-order valence-electron chi connectivity index (χ2n) is 3.21. The summed E-state index contributed by atoms with van der Waals surface area (Å²) in [6.45, 7) is 4.26. The maximum atomic E-state index is 5.37. The first-order valence-corrected chi connectivity index (χ1v) is 6.98. The van der Waals surface area contributed by atoms with Gasteiger partial charge in [-0.05, 0) is 18.2 Å². The van der Waals surface area contributed by atoms with Gasteiger partial charge >= 0.3 is 0 Å². The Labute approximate surface area is 103 Å². The number of nitrogens with two attached hydrogens (primary N) is 1. The smallest absolute Gasteiger partial charge is 0.239 e. The number of hydrazine groups is 1. The van der Waals surface area contributed by atoms with Crippen LogP contribution in [0.4, 0.5) is 5.95 Å². The van der Waals surface area contributed by atoms with Crippen LogP contribution in [0.2, 0.25) is 0 Å². The van der Waals surface area contributed by atoms with Crippen LogP contribution in [0.25, 0.3) is 10.2 Å². The molecule has 0 saturated heterocycles. The van der Waals surface area contributed by atoms with Gasteiger partial charge in [-0.15, -0.1) is 23.1 Å². The Balaban J connectivity index is 2.59. The van der Waals surface area contributed by atoms with Crippen molar-refractivity contribution < 1.29 is 0 Å². The third-order valence-corrected chi connectivity index (χ3v) is 4.21. The third kappa shape index (κ3) is 2.14. The van der Waals surface area contributed by atoms with E-state index in [2.05, 4.69) is 35.3 Å². The predicted octanol–water partition coefficient (Wildman–Crippen LogP) is 2.65. The molecule has 0 radical (unpaired) electrons. The van der Waals surface area contributed by atoms with Crippen LogP contribution in [0.3, 0.4) is 0 Å². The summed E-state index contributed by atoms with van der Waals surface area (Å²) in [7, 11) is 0. The lowest BCUT2D eigenvalue weighted by Crippen LogP contribution is -2.10. The van der Waals surface area contributed by atoms with Crippen LogP contribution >= 0.6 is 23.1 Å². The first kappa shape index (κ1) is 11.6. The molecule has 2 aromatic heterocycles. The number of nitrogens with one attached hydrogen (secondary N) is 1. The summed E-state index contributed by atoms with van der Waals surface area (Å²) in [5.74, 6) is 6.85. The third-order valence-electron chi connectivity index (χ3n) is 2.17. The van der Waals surface area contributed by atoms with Crippen LogP contribution < -0.4 is 11.3 Å². The van der Waals surface area contributed by atoms with E-state index in [1.165, 1.54) is 4.88 Å². The molecule has 0 aliphatic rings. The molecule has 0 atom stereocenters. The van der Waals surface area contributed by atoms with E-state index in [0.717, 1.165) is 27.4 Å². The van der Waals surface area contributed by atoms with Crippen molar-refractivity contribution in [3.8, 4) is 0 Å². The fourth-order valence-corrected chi connectivity index (χ4v) is 3.20. The Morgan fingerprint density at radius 2 is 2.25 bits per heavy atom. The van der Waals surface area contributed by atoms with Crippen molar-refractivity contribution in [1.82, 2.24) is 9.97 Å². The minimum absolute atomic E-state index is 0.493. The summed E-state index contributed by atoms with van der Waals surface area (Å²) in [4.78, 5) is 11.1. The fraction of sp³-hybridized carbons (Fsp3) is 0.400. The number of aryl methyl sites for hydroxylation is 1. The van der Waals surface area contributed by atoms with E-state index in [1.807, 2.05) is 0 Å². The van der Waals surface area contributed by atoms with E-state index < -0.39 is 0 Å². The number of aromatic nitrogens is 2. The standard InChI is InChI=1S/C10H14N4S2/c1-3-6-5-7-8(15-4-2)12-10(14-11)13-9(7)16-6/h5H,3-4,11H2,1-2H3,(H,12,13,14). The molecule has 0 aromatic carbocycles. The molecule has 16 heavy (non-hydrogen) atoms. The van der Waals surface area contributed by atoms with E-state index in [4.69, 9.17) is 5.84 Å². The SMILES string of the molecule is CCSc1nc(NN)nc2sc(CC)cc12. The Morgan fingerprint density at radius 1 is 1.44 bits per heavy atom. The summed E-state index contributed by atoms with van der Waals surface area (Å²) < 4.78 is 0. The molecule has 2 heterocycles. The van der Waals surface area contributed by atoms with E-state index >= 15 is 0 Å². The lowest BCUT2D eigenvalue weighted by Gasteiger charge is -2.02. The second-order valence-corrected chi connectivity index (χ2v) is 5.58. The molecular formula is C10H14N4S2. The summed E-state index contributed by atoms with van der Waals surface area (Å²) in [5, 5.41) is 2.16. The number of thioether (sulfide) groups is 1. The first-order valence-electron chi connectivity index (χ1n) is 5.18. The largest absolute Gasteiger partial charge is 0.292 e. The Morgan fingerprint density at radius 3 is 2.88 bits per heavy atom. The van der Waals surface area contributed by atoms with Crippen LogP contribution in [0.1, 0.15) is 18.7 Å². The molecule has 86 valence electrons. The zero-order valence-corrected chi connectivity index (χ0v) is 10.9. The van der Waals surface area contributed by atoms with Crippen molar-refractivity contribution in [2.45, 2.75) is 25.3 Å².